The van der Waals surface area contributed by atoms with Gasteiger partial charge in [-0.3, -0.25) is 9.59 Å². The van der Waals surface area contributed by atoms with Crippen molar-refractivity contribution in [3.8, 4) is 0 Å². The van der Waals surface area contributed by atoms with E-state index >= 15 is 0 Å². The van der Waals surface area contributed by atoms with Crippen LogP contribution in [0.1, 0.15) is 23.3 Å². The molecule has 0 aromatic carbocycles. The Labute approximate surface area is 80.3 Å². The highest BCUT2D eigenvalue weighted by molar-refractivity contribution is 5.76. The van der Waals surface area contributed by atoms with Crippen LogP contribution in [0.3, 0.4) is 0 Å². The van der Waals surface area contributed by atoms with Crippen molar-refractivity contribution in [3.05, 3.63) is 11.9 Å². The molecule has 0 spiro atoms. The molecule has 1 aliphatic rings. The second-order valence-electron chi connectivity index (χ2n) is 3.30. The molecule has 6 heteroatoms. The maximum Gasteiger partial charge on any atom is 0.242 e. The van der Waals surface area contributed by atoms with Gasteiger partial charge in [0.1, 0.15) is 12.2 Å². The molecule has 14 heavy (non-hydrogen) atoms. The van der Waals surface area contributed by atoms with Crippen molar-refractivity contribution < 1.29 is 9.59 Å². The summed E-state index contributed by atoms with van der Waals surface area (Å²) in [7, 11) is 0. The third kappa shape index (κ3) is 2.15. The maximum absolute atomic E-state index is 11.3. The van der Waals surface area contributed by atoms with Crippen LogP contribution >= 0.6 is 0 Å². The number of nitrogens with one attached hydrogen (secondary N) is 1. The summed E-state index contributed by atoms with van der Waals surface area (Å²) >= 11 is 0. The zero-order valence-corrected chi connectivity index (χ0v) is 7.51. The Kier molecular flexibility index (Phi) is 2.26. The van der Waals surface area contributed by atoms with Gasteiger partial charge in [0.25, 0.3) is 0 Å². The number of rotatable bonds is 4. The van der Waals surface area contributed by atoms with Gasteiger partial charge in [-0.05, 0) is 12.8 Å². The van der Waals surface area contributed by atoms with Crippen molar-refractivity contribution in [2.75, 3.05) is 0 Å². The van der Waals surface area contributed by atoms with Crippen LogP contribution in [-0.4, -0.2) is 33.2 Å². The minimum Gasteiger partial charge on any atom is -0.352 e. The van der Waals surface area contributed by atoms with E-state index in [1.807, 2.05) is 0 Å². The number of aldehydes is 1. The summed E-state index contributed by atoms with van der Waals surface area (Å²) in [6.07, 6.45) is 4.16. The topological polar surface area (TPSA) is 76.9 Å². The maximum atomic E-state index is 11.3. The molecule has 74 valence electrons. The Morgan fingerprint density at radius 2 is 2.50 bits per heavy atom. The molecule has 1 N–H and O–H groups in total. The van der Waals surface area contributed by atoms with Crippen LogP contribution in [0.15, 0.2) is 6.20 Å². The van der Waals surface area contributed by atoms with E-state index < -0.39 is 0 Å². The average molecular weight is 194 g/mol. The molecule has 2 rings (SSSR count). The van der Waals surface area contributed by atoms with E-state index in [0.717, 1.165) is 12.8 Å². The second-order valence-corrected chi connectivity index (χ2v) is 3.30. The fourth-order valence-corrected chi connectivity index (χ4v) is 1.09. The lowest BCUT2D eigenvalue weighted by Crippen LogP contribution is -2.29. The van der Waals surface area contributed by atoms with Gasteiger partial charge in [0.05, 0.1) is 6.20 Å². The quantitative estimate of drug-likeness (QED) is 0.647. The molecule has 1 aliphatic carbocycles. The highest BCUT2D eigenvalue weighted by Crippen LogP contribution is 2.18. The van der Waals surface area contributed by atoms with Crippen LogP contribution in [0, 0.1) is 0 Å². The lowest BCUT2D eigenvalue weighted by Gasteiger charge is -2.01. The van der Waals surface area contributed by atoms with E-state index in [2.05, 4.69) is 15.6 Å². The van der Waals surface area contributed by atoms with Crippen molar-refractivity contribution in [2.45, 2.75) is 25.4 Å². The third-order valence-corrected chi connectivity index (χ3v) is 1.93. The van der Waals surface area contributed by atoms with Crippen molar-refractivity contribution >= 4 is 12.2 Å². The minimum absolute atomic E-state index is 0.0881. The number of amides is 1. The van der Waals surface area contributed by atoms with E-state index in [0.29, 0.717) is 12.3 Å². The van der Waals surface area contributed by atoms with Gasteiger partial charge < -0.3 is 5.32 Å². The number of nitrogens with zero attached hydrogens (tertiary/aromatic N) is 3. The Bertz CT molecular complexity index is 356. The molecule has 1 amide bonds. The number of carbonyl (C=O) groups is 2. The first-order chi connectivity index (χ1) is 6.78. The molecule has 0 bridgehead atoms. The smallest absolute Gasteiger partial charge is 0.242 e. The van der Waals surface area contributed by atoms with Crippen LogP contribution in [0.25, 0.3) is 0 Å². The minimum atomic E-state index is -0.0881. The number of carbonyl (C=O) groups excluding carboxylic acids is 2. The van der Waals surface area contributed by atoms with Crippen LogP contribution in [0.4, 0.5) is 0 Å². The van der Waals surface area contributed by atoms with Crippen LogP contribution in [-0.2, 0) is 11.3 Å². The molecule has 1 aromatic rings. The molecule has 0 unspecified atom stereocenters. The molecule has 0 aliphatic heterocycles. The normalized spacial score (nSPS) is 15.1. The van der Waals surface area contributed by atoms with Crippen LogP contribution in [0.2, 0.25) is 0 Å². The fraction of sp³-hybridized carbons (Fsp3) is 0.500. The Morgan fingerprint density at radius 3 is 3.07 bits per heavy atom. The molecule has 0 radical (unpaired) electrons. The van der Waals surface area contributed by atoms with Crippen LogP contribution in [0.5, 0.6) is 0 Å². The summed E-state index contributed by atoms with van der Waals surface area (Å²) in [6.45, 7) is 0.122. The monoisotopic (exact) mass is 194 g/mol. The SMILES string of the molecule is O=Cc1cn(CC(=O)NC2CC2)nn1. The number of hydrogen-bond donors (Lipinski definition) is 1. The molecular formula is C8H10N4O2. The molecule has 1 saturated carbocycles. The summed E-state index contributed by atoms with van der Waals surface area (Å²) in [5, 5.41) is 9.99. The van der Waals surface area contributed by atoms with Gasteiger partial charge in [0.15, 0.2) is 6.29 Å². The zero-order valence-electron chi connectivity index (χ0n) is 7.51. The summed E-state index contributed by atoms with van der Waals surface area (Å²) in [4.78, 5) is 21.5. The van der Waals surface area contributed by atoms with Crippen molar-refractivity contribution in [1.29, 1.82) is 0 Å². The molecule has 1 fully saturated rings. The van der Waals surface area contributed by atoms with E-state index in [1.54, 1.807) is 0 Å². The molecule has 0 atom stereocenters. The van der Waals surface area contributed by atoms with Crippen LogP contribution < -0.4 is 5.32 Å². The average Bonchev–Trinajstić information content (AvgIpc) is 2.83. The van der Waals surface area contributed by atoms with Crippen molar-refractivity contribution in [3.63, 3.8) is 0 Å². The van der Waals surface area contributed by atoms with E-state index in [-0.39, 0.29) is 18.1 Å². The van der Waals surface area contributed by atoms with Gasteiger partial charge >= 0.3 is 0 Å². The van der Waals surface area contributed by atoms with Gasteiger partial charge in [0, 0.05) is 6.04 Å². The first-order valence-electron chi connectivity index (χ1n) is 4.42. The van der Waals surface area contributed by atoms with E-state index in [9.17, 15) is 9.59 Å². The highest BCUT2D eigenvalue weighted by atomic mass is 16.2. The van der Waals surface area contributed by atoms with Crippen molar-refractivity contribution in [2.24, 2.45) is 0 Å². The predicted molar refractivity (Wildman–Crippen MR) is 46.6 cm³/mol. The molecule has 1 heterocycles. The van der Waals surface area contributed by atoms with Gasteiger partial charge in [0.2, 0.25) is 5.91 Å². The predicted octanol–water partition coefficient (Wildman–Crippen LogP) is -0.631. The van der Waals surface area contributed by atoms with E-state index in [4.69, 9.17) is 0 Å². The largest absolute Gasteiger partial charge is 0.352 e. The lowest BCUT2D eigenvalue weighted by atomic mass is 10.5. The van der Waals surface area contributed by atoms with Gasteiger partial charge in [-0.25, -0.2) is 4.68 Å². The third-order valence-electron chi connectivity index (χ3n) is 1.93. The van der Waals surface area contributed by atoms with E-state index in [1.165, 1.54) is 10.9 Å². The first kappa shape index (κ1) is 8.86. The Balaban J connectivity index is 1.88. The van der Waals surface area contributed by atoms with Gasteiger partial charge in [-0.1, -0.05) is 5.21 Å². The summed E-state index contributed by atoms with van der Waals surface area (Å²) in [5.74, 6) is -0.0881. The summed E-state index contributed by atoms with van der Waals surface area (Å²) in [5.41, 5.74) is 0.240. The molecule has 0 saturated heterocycles. The summed E-state index contributed by atoms with van der Waals surface area (Å²) in [6, 6.07) is 0.344. The Morgan fingerprint density at radius 1 is 1.71 bits per heavy atom. The van der Waals surface area contributed by atoms with Crippen molar-refractivity contribution in [1.82, 2.24) is 20.3 Å². The standard InChI is InChI=1S/C8H10N4O2/c13-5-7-3-12(11-10-7)4-8(14)9-6-1-2-6/h3,5-6H,1-2,4H2,(H,9,14). The summed E-state index contributed by atoms with van der Waals surface area (Å²) < 4.78 is 1.35. The first-order valence-corrected chi connectivity index (χ1v) is 4.42. The second kappa shape index (κ2) is 3.57. The molecule has 1 aromatic heterocycles. The van der Waals surface area contributed by atoms with Gasteiger partial charge in [-0.2, -0.15) is 0 Å². The highest BCUT2D eigenvalue weighted by Gasteiger charge is 2.23. The van der Waals surface area contributed by atoms with Gasteiger partial charge in [-0.15, -0.1) is 5.10 Å². The zero-order chi connectivity index (χ0) is 9.97. The molecular weight excluding hydrogens is 184 g/mol. The Hall–Kier alpha value is -1.72. The fourth-order valence-electron chi connectivity index (χ4n) is 1.09. The lowest BCUT2D eigenvalue weighted by molar-refractivity contribution is -0.122. The number of aromatic nitrogens is 3. The molecule has 6 nitrogen and oxygen atoms in total. The number of hydrogen-bond acceptors (Lipinski definition) is 4.